The molecule has 2 atom stereocenters. The van der Waals surface area contributed by atoms with Crippen LogP contribution in [-0.2, 0) is 0 Å². The van der Waals surface area contributed by atoms with Crippen LogP contribution in [0.1, 0.15) is 19.4 Å². The molecule has 1 aliphatic rings. The van der Waals surface area contributed by atoms with Gasteiger partial charge in [0.15, 0.2) is 5.17 Å². The van der Waals surface area contributed by atoms with Crippen LogP contribution in [-0.4, -0.2) is 24.1 Å². The third-order valence-electron chi connectivity index (χ3n) is 3.27. The van der Waals surface area contributed by atoms with Gasteiger partial charge in [-0.2, -0.15) is 0 Å². The van der Waals surface area contributed by atoms with Gasteiger partial charge in [-0.25, -0.2) is 0 Å². The van der Waals surface area contributed by atoms with Gasteiger partial charge in [0.1, 0.15) is 5.75 Å². The van der Waals surface area contributed by atoms with Crippen molar-refractivity contribution in [2.45, 2.75) is 26.8 Å². The fourth-order valence-corrected chi connectivity index (χ4v) is 2.98. The van der Waals surface area contributed by atoms with Crippen molar-refractivity contribution in [2.75, 3.05) is 18.2 Å². The monoisotopic (exact) mass is 264 g/mol. The van der Waals surface area contributed by atoms with E-state index in [0.717, 1.165) is 27.9 Å². The minimum Gasteiger partial charge on any atom is -0.496 e. The summed E-state index contributed by atoms with van der Waals surface area (Å²) < 4.78 is 5.26. The van der Waals surface area contributed by atoms with Crippen molar-refractivity contribution < 1.29 is 4.74 Å². The lowest BCUT2D eigenvalue weighted by molar-refractivity contribution is 0.412. The van der Waals surface area contributed by atoms with Crippen molar-refractivity contribution in [3.8, 4) is 5.75 Å². The van der Waals surface area contributed by atoms with Gasteiger partial charge in [0.2, 0.25) is 0 Å². The Bertz CT molecular complexity index is 459. The second-order valence-corrected chi connectivity index (χ2v) is 5.78. The number of aliphatic imine (C=N–C) groups is 1. The molecule has 1 aromatic rings. The van der Waals surface area contributed by atoms with E-state index in [4.69, 9.17) is 4.74 Å². The van der Waals surface area contributed by atoms with E-state index >= 15 is 0 Å². The predicted molar refractivity (Wildman–Crippen MR) is 79.9 cm³/mol. The first kappa shape index (κ1) is 13.3. The van der Waals surface area contributed by atoms with Crippen LogP contribution >= 0.6 is 11.8 Å². The highest BCUT2D eigenvalue weighted by Gasteiger charge is 2.19. The van der Waals surface area contributed by atoms with Crippen molar-refractivity contribution in [1.82, 2.24) is 0 Å². The molecule has 1 aromatic carbocycles. The molecule has 0 aromatic heterocycles. The van der Waals surface area contributed by atoms with E-state index in [2.05, 4.69) is 30.2 Å². The van der Waals surface area contributed by atoms with E-state index in [1.807, 2.05) is 19.1 Å². The van der Waals surface area contributed by atoms with Crippen LogP contribution in [0, 0.1) is 12.8 Å². The molecule has 1 aliphatic heterocycles. The van der Waals surface area contributed by atoms with Crippen molar-refractivity contribution in [2.24, 2.45) is 10.9 Å². The lowest BCUT2D eigenvalue weighted by atomic mass is 10.1. The number of rotatable bonds is 2. The van der Waals surface area contributed by atoms with Crippen molar-refractivity contribution in [3.63, 3.8) is 0 Å². The molecule has 0 spiro atoms. The minimum atomic E-state index is 0.396. The minimum absolute atomic E-state index is 0.396. The zero-order valence-electron chi connectivity index (χ0n) is 11.4. The Morgan fingerprint density at radius 1 is 1.39 bits per heavy atom. The van der Waals surface area contributed by atoms with E-state index in [0.29, 0.717) is 12.0 Å². The van der Waals surface area contributed by atoms with Gasteiger partial charge in [0, 0.05) is 11.4 Å². The van der Waals surface area contributed by atoms with Gasteiger partial charge >= 0.3 is 0 Å². The Morgan fingerprint density at radius 3 is 2.78 bits per heavy atom. The van der Waals surface area contributed by atoms with Gasteiger partial charge in [-0.05, 0) is 43.5 Å². The molecule has 0 saturated carbocycles. The molecule has 3 nitrogen and oxygen atoms in total. The maximum atomic E-state index is 5.26. The number of methoxy groups -OCH3 is 1. The second kappa shape index (κ2) is 5.65. The number of amidine groups is 1. The first-order valence-electron chi connectivity index (χ1n) is 6.22. The lowest BCUT2D eigenvalue weighted by Crippen LogP contribution is -2.25. The summed E-state index contributed by atoms with van der Waals surface area (Å²) in [4.78, 5) is 4.67. The highest BCUT2D eigenvalue weighted by molar-refractivity contribution is 8.14. The first-order chi connectivity index (χ1) is 8.60. The normalized spacial score (nSPS) is 23.4. The van der Waals surface area contributed by atoms with Gasteiger partial charge in [-0.3, -0.25) is 4.99 Å². The summed E-state index contributed by atoms with van der Waals surface area (Å²) >= 11 is 1.79. The van der Waals surface area contributed by atoms with E-state index in [-0.39, 0.29) is 0 Å². The van der Waals surface area contributed by atoms with Gasteiger partial charge in [0.25, 0.3) is 0 Å². The number of hydrogen-bond acceptors (Lipinski definition) is 4. The summed E-state index contributed by atoms with van der Waals surface area (Å²) in [6.45, 7) is 6.46. The fraction of sp³-hybridized carbons (Fsp3) is 0.500. The smallest absolute Gasteiger partial charge is 0.161 e. The molecule has 4 heteroatoms. The fourth-order valence-electron chi connectivity index (χ4n) is 1.85. The number of ether oxygens (including phenoxy) is 1. The SMILES string of the molecule is COc1ccc(NC2=NC(C)C(C)CS2)cc1C. The van der Waals surface area contributed by atoms with Crippen molar-refractivity contribution >= 4 is 22.6 Å². The predicted octanol–water partition coefficient (Wildman–Crippen LogP) is 3.54. The number of hydrogen-bond donors (Lipinski definition) is 1. The maximum absolute atomic E-state index is 5.26. The molecule has 1 heterocycles. The molecule has 2 rings (SSSR count). The van der Waals surface area contributed by atoms with Gasteiger partial charge in [-0.15, -0.1) is 0 Å². The van der Waals surface area contributed by atoms with Crippen LogP contribution in [0.25, 0.3) is 0 Å². The number of thioether (sulfide) groups is 1. The van der Waals surface area contributed by atoms with Crippen molar-refractivity contribution in [1.29, 1.82) is 0 Å². The molecule has 98 valence electrons. The summed E-state index contributed by atoms with van der Waals surface area (Å²) in [6, 6.07) is 6.49. The Balaban J connectivity index is 2.10. The molecule has 0 radical (unpaired) electrons. The Kier molecular flexibility index (Phi) is 4.17. The molecule has 0 bridgehead atoms. The number of nitrogens with one attached hydrogen (secondary N) is 1. The summed E-state index contributed by atoms with van der Waals surface area (Å²) in [5.41, 5.74) is 2.20. The summed E-state index contributed by atoms with van der Waals surface area (Å²) in [5.74, 6) is 2.70. The zero-order chi connectivity index (χ0) is 13.1. The van der Waals surface area contributed by atoms with E-state index < -0.39 is 0 Å². The van der Waals surface area contributed by atoms with Crippen LogP contribution in [0.4, 0.5) is 5.69 Å². The van der Waals surface area contributed by atoms with Gasteiger partial charge in [-0.1, -0.05) is 18.7 Å². The number of aryl methyl sites for hydroxylation is 1. The molecule has 0 amide bonds. The molecule has 18 heavy (non-hydrogen) atoms. The molecule has 1 N–H and O–H groups in total. The van der Waals surface area contributed by atoms with Crippen LogP contribution in [0.15, 0.2) is 23.2 Å². The van der Waals surface area contributed by atoms with E-state index in [1.54, 1.807) is 18.9 Å². The average Bonchev–Trinajstić information content (AvgIpc) is 2.34. The number of nitrogens with zero attached hydrogens (tertiary/aromatic N) is 1. The highest BCUT2D eigenvalue weighted by Crippen LogP contribution is 2.26. The lowest BCUT2D eigenvalue weighted by Gasteiger charge is -2.23. The quantitative estimate of drug-likeness (QED) is 0.887. The zero-order valence-corrected chi connectivity index (χ0v) is 12.2. The van der Waals surface area contributed by atoms with E-state index in [1.165, 1.54) is 0 Å². The molecular weight excluding hydrogens is 244 g/mol. The summed E-state index contributed by atoms with van der Waals surface area (Å²) in [6.07, 6.45) is 0. The standard InChI is InChI=1S/C14H20N2OS/c1-9-7-12(5-6-13(9)17-4)16-14-15-11(3)10(2)8-18-14/h5-7,10-11H,8H2,1-4H3,(H,15,16). The highest BCUT2D eigenvalue weighted by atomic mass is 32.2. The third-order valence-corrected chi connectivity index (χ3v) is 4.45. The molecular formula is C14H20N2OS. The molecule has 2 unspecified atom stereocenters. The molecule has 0 aliphatic carbocycles. The third kappa shape index (κ3) is 2.99. The summed E-state index contributed by atoms with van der Waals surface area (Å²) in [7, 11) is 1.69. The van der Waals surface area contributed by atoms with E-state index in [9.17, 15) is 0 Å². The second-order valence-electron chi connectivity index (χ2n) is 4.77. The van der Waals surface area contributed by atoms with Crippen LogP contribution in [0.3, 0.4) is 0 Å². The average molecular weight is 264 g/mol. The number of benzene rings is 1. The first-order valence-corrected chi connectivity index (χ1v) is 7.21. The Labute approximate surface area is 113 Å². The van der Waals surface area contributed by atoms with Crippen LogP contribution < -0.4 is 10.1 Å². The van der Waals surface area contributed by atoms with Crippen LogP contribution in [0.2, 0.25) is 0 Å². The summed E-state index contributed by atoms with van der Waals surface area (Å²) in [5, 5.41) is 4.40. The maximum Gasteiger partial charge on any atom is 0.161 e. The van der Waals surface area contributed by atoms with Gasteiger partial charge < -0.3 is 10.1 Å². The molecule has 0 saturated heterocycles. The van der Waals surface area contributed by atoms with Crippen LogP contribution in [0.5, 0.6) is 5.75 Å². The van der Waals surface area contributed by atoms with Crippen molar-refractivity contribution in [3.05, 3.63) is 23.8 Å². The number of anilines is 1. The van der Waals surface area contributed by atoms with Gasteiger partial charge in [0.05, 0.1) is 13.2 Å². The molecule has 0 fully saturated rings. The Morgan fingerprint density at radius 2 is 2.17 bits per heavy atom. The largest absolute Gasteiger partial charge is 0.496 e. The topological polar surface area (TPSA) is 33.6 Å². The Hall–Kier alpha value is -1.16.